The van der Waals surface area contributed by atoms with E-state index in [2.05, 4.69) is 26.1 Å². The first-order valence-electron chi connectivity index (χ1n) is 6.70. The number of anilines is 1. The first kappa shape index (κ1) is 15.3. The molecular formula is C14H20BrN3O2. The number of hydrogen-bond donors (Lipinski definition) is 2. The van der Waals surface area contributed by atoms with Crippen LogP contribution in [0.4, 0.5) is 5.69 Å². The molecule has 0 aromatic heterocycles. The maximum atomic E-state index is 12.0. The zero-order valence-corrected chi connectivity index (χ0v) is 13.1. The number of hydrogen-bond acceptors (Lipinski definition) is 4. The van der Waals surface area contributed by atoms with Crippen LogP contribution in [0.15, 0.2) is 22.7 Å². The number of benzene rings is 1. The largest absolute Gasteiger partial charge is 0.496 e. The van der Waals surface area contributed by atoms with E-state index in [1.54, 1.807) is 7.11 Å². The molecule has 3 N–H and O–H groups in total. The van der Waals surface area contributed by atoms with Crippen molar-refractivity contribution in [3.8, 4) is 5.75 Å². The lowest BCUT2D eigenvalue weighted by atomic mass is 10.1. The summed E-state index contributed by atoms with van der Waals surface area (Å²) in [6.45, 7) is 2.19. The second-order valence-electron chi connectivity index (χ2n) is 5.01. The zero-order chi connectivity index (χ0) is 14.5. The van der Waals surface area contributed by atoms with Crippen molar-refractivity contribution in [2.45, 2.75) is 18.9 Å². The van der Waals surface area contributed by atoms with Crippen LogP contribution in [0.25, 0.3) is 0 Å². The minimum absolute atomic E-state index is 0.00228. The highest BCUT2D eigenvalue weighted by Gasteiger charge is 2.18. The zero-order valence-electron chi connectivity index (χ0n) is 11.6. The molecule has 5 nitrogen and oxygen atoms in total. The third-order valence-corrected chi connectivity index (χ3v) is 4.05. The van der Waals surface area contributed by atoms with E-state index in [9.17, 15) is 4.79 Å². The number of halogens is 1. The van der Waals surface area contributed by atoms with Crippen LogP contribution in [0.1, 0.15) is 12.8 Å². The Bertz CT molecular complexity index is 473. The molecule has 1 aliphatic heterocycles. The average Bonchev–Trinajstić information content (AvgIpc) is 2.41. The Kier molecular flexibility index (Phi) is 5.39. The van der Waals surface area contributed by atoms with Gasteiger partial charge in [-0.2, -0.15) is 0 Å². The highest BCUT2D eigenvalue weighted by molar-refractivity contribution is 9.10. The van der Waals surface area contributed by atoms with Crippen LogP contribution in [0.5, 0.6) is 5.75 Å². The molecule has 0 unspecified atom stereocenters. The summed E-state index contributed by atoms with van der Waals surface area (Å²) in [6.07, 6.45) is 1.92. The molecule has 0 aliphatic carbocycles. The van der Waals surface area contributed by atoms with Crippen LogP contribution in [-0.4, -0.2) is 43.6 Å². The Morgan fingerprint density at radius 2 is 2.20 bits per heavy atom. The highest BCUT2D eigenvalue weighted by atomic mass is 79.9. The van der Waals surface area contributed by atoms with Crippen LogP contribution in [-0.2, 0) is 4.79 Å². The number of likely N-dealkylation sites (tertiary alicyclic amines) is 1. The third-order valence-electron chi connectivity index (χ3n) is 3.44. The summed E-state index contributed by atoms with van der Waals surface area (Å²) < 4.78 is 5.98. The lowest BCUT2D eigenvalue weighted by Crippen LogP contribution is -2.43. The Morgan fingerprint density at radius 3 is 2.80 bits per heavy atom. The van der Waals surface area contributed by atoms with E-state index in [4.69, 9.17) is 10.5 Å². The van der Waals surface area contributed by atoms with Gasteiger partial charge in [0.05, 0.1) is 18.1 Å². The number of carbonyl (C=O) groups excluding carboxylic acids is 1. The van der Waals surface area contributed by atoms with Crippen molar-refractivity contribution in [2.75, 3.05) is 32.1 Å². The molecule has 1 aliphatic rings. The van der Waals surface area contributed by atoms with Crippen LogP contribution in [0, 0.1) is 0 Å². The van der Waals surface area contributed by atoms with Crippen LogP contribution in [0.2, 0.25) is 0 Å². The Balaban J connectivity index is 1.86. The van der Waals surface area contributed by atoms with Gasteiger partial charge in [-0.1, -0.05) is 0 Å². The lowest BCUT2D eigenvalue weighted by Gasteiger charge is -2.29. The van der Waals surface area contributed by atoms with Gasteiger partial charge in [-0.05, 0) is 47.0 Å². The second-order valence-corrected chi connectivity index (χ2v) is 5.87. The fourth-order valence-corrected chi connectivity index (χ4v) is 2.80. The van der Waals surface area contributed by atoms with E-state index in [0.717, 1.165) is 41.8 Å². The van der Waals surface area contributed by atoms with Gasteiger partial charge in [0.2, 0.25) is 5.91 Å². The molecule has 1 heterocycles. The van der Waals surface area contributed by atoms with E-state index in [1.807, 2.05) is 18.2 Å². The van der Waals surface area contributed by atoms with E-state index < -0.39 is 0 Å². The maximum Gasteiger partial charge on any atom is 0.238 e. The van der Waals surface area contributed by atoms with Crippen LogP contribution in [0.3, 0.4) is 0 Å². The van der Waals surface area contributed by atoms with Gasteiger partial charge in [-0.15, -0.1) is 0 Å². The van der Waals surface area contributed by atoms with Crippen molar-refractivity contribution in [2.24, 2.45) is 5.73 Å². The minimum Gasteiger partial charge on any atom is -0.496 e. The number of nitrogens with one attached hydrogen (secondary N) is 1. The van der Waals surface area contributed by atoms with Crippen molar-refractivity contribution in [1.29, 1.82) is 0 Å². The number of rotatable bonds is 4. The third kappa shape index (κ3) is 4.19. The Morgan fingerprint density at radius 1 is 1.50 bits per heavy atom. The molecule has 0 radical (unpaired) electrons. The van der Waals surface area contributed by atoms with Gasteiger partial charge in [-0.3, -0.25) is 9.69 Å². The molecule has 1 amide bonds. The summed E-state index contributed by atoms with van der Waals surface area (Å²) in [5.74, 6) is 0.741. The number of nitrogens with two attached hydrogens (primary N) is 1. The van der Waals surface area contributed by atoms with Crippen molar-refractivity contribution in [1.82, 2.24) is 4.90 Å². The molecular weight excluding hydrogens is 322 g/mol. The first-order chi connectivity index (χ1) is 9.58. The molecule has 1 aromatic rings. The van der Waals surface area contributed by atoms with E-state index in [1.165, 1.54) is 0 Å². The summed E-state index contributed by atoms with van der Waals surface area (Å²) in [4.78, 5) is 14.1. The van der Waals surface area contributed by atoms with Gasteiger partial charge in [0, 0.05) is 24.8 Å². The van der Waals surface area contributed by atoms with Gasteiger partial charge in [0.1, 0.15) is 5.75 Å². The monoisotopic (exact) mass is 341 g/mol. The highest BCUT2D eigenvalue weighted by Crippen LogP contribution is 2.27. The quantitative estimate of drug-likeness (QED) is 0.876. The molecule has 20 heavy (non-hydrogen) atoms. The van der Waals surface area contributed by atoms with Crippen molar-refractivity contribution in [3.05, 3.63) is 22.7 Å². The van der Waals surface area contributed by atoms with Crippen molar-refractivity contribution >= 4 is 27.5 Å². The molecule has 0 spiro atoms. The lowest BCUT2D eigenvalue weighted by molar-refractivity contribution is -0.117. The molecule has 0 saturated carbocycles. The second kappa shape index (κ2) is 7.06. The smallest absolute Gasteiger partial charge is 0.238 e. The van der Waals surface area contributed by atoms with Gasteiger partial charge >= 0.3 is 0 Å². The minimum atomic E-state index is -0.00228. The summed E-state index contributed by atoms with van der Waals surface area (Å²) in [5.41, 5.74) is 6.61. The van der Waals surface area contributed by atoms with Gasteiger partial charge in [0.25, 0.3) is 0 Å². The van der Waals surface area contributed by atoms with Gasteiger partial charge in [-0.25, -0.2) is 0 Å². The molecule has 1 fully saturated rings. The van der Waals surface area contributed by atoms with Crippen molar-refractivity contribution in [3.63, 3.8) is 0 Å². The molecule has 6 heteroatoms. The predicted octanol–water partition coefficient (Wildman–Crippen LogP) is 1.82. The first-order valence-corrected chi connectivity index (χ1v) is 7.49. The molecule has 2 rings (SSSR count). The summed E-state index contributed by atoms with van der Waals surface area (Å²) in [6, 6.07) is 5.77. The number of nitrogens with zero attached hydrogens (tertiary/aromatic N) is 1. The summed E-state index contributed by atoms with van der Waals surface area (Å²) in [7, 11) is 1.61. The van der Waals surface area contributed by atoms with Crippen molar-refractivity contribution < 1.29 is 9.53 Å². The Hall–Kier alpha value is -1.11. The number of ether oxygens (including phenoxy) is 1. The normalized spacial score (nSPS) is 16.9. The topological polar surface area (TPSA) is 67.6 Å². The van der Waals surface area contributed by atoms with E-state index in [-0.39, 0.29) is 11.9 Å². The number of amides is 1. The number of carbonyl (C=O) groups is 1. The fraction of sp³-hybridized carbons (Fsp3) is 0.500. The average molecular weight is 342 g/mol. The van der Waals surface area contributed by atoms with Crippen LogP contribution < -0.4 is 15.8 Å². The number of piperidine rings is 1. The molecule has 0 atom stereocenters. The van der Waals surface area contributed by atoms with E-state index in [0.29, 0.717) is 6.54 Å². The van der Waals surface area contributed by atoms with Gasteiger partial charge < -0.3 is 15.8 Å². The molecule has 1 saturated heterocycles. The molecule has 0 bridgehead atoms. The molecule has 1 aromatic carbocycles. The summed E-state index contributed by atoms with van der Waals surface area (Å²) in [5, 5.41) is 2.90. The molecule has 110 valence electrons. The van der Waals surface area contributed by atoms with E-state index >= 15 is 0 Å². The fourth-order valence-electron chi connectivity index (χ4n) is 2.26. The van der Waals surface area contributed by atoms with Gasteiger partial charge in [0.15, 0.2) is 0 Å². The maximum absolute atomic E-state index is 12.0. The standard InChI is InChI=1S/C14H20BrN3O2/c1-20-13-3-2-11(8-12(13)15)17-14(19)9-18-6-4-10(16)5-7-18/h2-3,8,10H,4-7,9,16H2,1H3,(H,17,19). The SMILES string of the molecule is COc1ccc(NC(=O)CN2CCC(N)CC2)cc1Br. The van der Waals surface area contributed by atoms with Crippen LogP contribution >= 0.6 is 15.9 Å². The Labute approximate surface area is 127 Å². The number of methoxy groups -OCH3 is 1. The predicted molar refractivity (Wildman–Crippen MR) is 83.0 cm³/mol. The summed E-state index contributed by atoms with van der Waals surface area (Å²) >= 11 is 3.40.